The van der Waals surface area contributed by atoms with Crippen molar-refractivity contribution < 1.29 is 4.74 Å². The van der Waals surface area contributed by atoms with E-state index < -0.39 is 0 Å². The predicted molar refractivity (Wildman–Crippen MR) is 45.4 cm³/mol. The monoisotopic (exact) mass is 175 g/mol. The molecule has 0 saturated heterocycles. The average molecular weight is 175 g/mol. The number of ether oxygens (including phenoxy) is 1. The zero-order chi connectivity index (χ0) is 8.84. The minimum atomic E-state index is -0.295. The Bertz CT molecular complexity index is 564. The summed E-state index contributed by atoms with van der Waals surface area (Å²) in [4.78, 5) is 14.9. The van der Waals surface area contributed by atoms with Crippen LogP contribution >= 0.6 is 0 Å². The maximum absolute atomic E-state index is 11.2. The SMILES string of the molecule is O=c1ncc2c3n(ccn13)C=CO2. The van der Waals surface area contributed by atoms with Crippen LogP contribution in [-0.4, -0.2) is 14.0 Å². The van der Waals surface area contributed by atoms with Crippen molar-refractivity contribution in [3.63, 3.8) is 0 Å². The Morgan fingerprint density at radius 2 is 2.31 bits per heavy atom. The molecule has 13 heavy (non-hydrogen) atoms. The van der Waals surface area contributed by atoms with Gasteiger partial charge in [-0.05, 0) is 0 Å². The highest BCUT2D eigenvalue weighted by molar-refractivity contribution is 5.60. The fraction of sp³-hybridized carbons (Fsp3) is 0. The lowest BCUT2D eigenvalue weighted by molar-refractivity contribution is 0.474. The van der Waals surface area contributed by atoms with Crippen molar-refractivity contribution in [1.29, 1.82) is 0 Å². The van der Waals surface area contributed by atoms with E-state index in [4.69, 9.17) is 4.74 Å². The highest BCUT2D eigenvalue weighted by atomic mass is 16.5. The molecule has 0 N–H and O–H groups in total. The molecule has 5 nitrogen and oxygen atoms in total. The van der Waals surface area contributed by atoms with Gasteiger partial charge in [0.1, 0.15) is 6.26 Å². The third kappa shape index (κ3) is 0.703. The van der Waals surface area contributed by atoms with Gasteiger partial charge in [0.15, 0.2) is 11.4 Å². The summed E-state index contributed by atoms with van der Waals surface area (Å²) in [5.74, 6) is 0.590. The lowest BCUT2D eigenvalue weighted by Gasteiger charge is -2.08. The van der Waals surface area contributed by atoms with Crippen molar-refractivity contribution in [3.05, 3.63) is 35.3 Å². The van der Waals surface area contributed by atoms with E-state index in [1.165, 1.54) is 10.6 Å². The third-order valence-corrected chi connectivity index (χ3v) is 1.98. The van der Waals surface area contributed by atoms with Crippen molar-refractivity contribution in [2.24, 2.45) is 0 Å². The van der Waals surface area contributed by atoms with Crippen molar-refractivity contribution in [2.75, 3.05) is 0 Å². The second kappa shape index (κ2) is 2.01. The number of aromatic nitrogens is 3. The highest BCUT2D eigenvalue weighted by Gasteiger charge is 2.11. The molecule has 1 aliphatic rings. The van der Waals surface area contributed by atoms with E-state index in [1.807, 2.05) is 4.57 Å². The molecule has 3 rings (SSSR count). The number of hydrogen-bond acceptors (Lipinski definition) is 3. The molecule has 0 aliphatic carbocycles. The number of rotatable bonds is 0. The molecule has 0 fully saturated rings. The second-order valence-corrected chi connectivity index (χ2v) is 2.71. The quantitative estimate of drug-likeness (QED) is 0.579. The lowest BCUT2D eigenvalue weighted by atomic mass is 10.5. The van der Waals surface area contributed by atoms with E-state index in [0.717, 1.165) is 0 Å². The van der Waals surface area contributed by atoms with Gasteiger partial charge in [0.25, 0.3) is 0 Å². The fourth-order valence-electron chi connectivity index (χ4n) is 1.41. The standard InChI is InChI=1S/C8H5N3O2/c12-8-9-5-6-7-10(3-4-13-6)1-2-11(7)8/h1-5H. The van der Waals surface area contributed by atoms with Crippen molar-refractivity contribution in [1.82, 2.24) is 14.0 Å². The molecule has 0 spiro atoms. The van der Waals surface area contributed by atoms with Gasteiger partial charge in [-0.1, -0.05) is 0 Å². The summed E-state index contributed by atoms with van der Waals surface area (Å²) in [6.07, 6.45) is 8.15. The Morgan fingerprint density at radius 1 is 1.38 bits per heavy atom. The van der Waals surface area contributed by atoms with Crippen LogP contribution in [-0.2, 0) is 0 Å². The van der Waals surface area contributed by atoms with Gasteiger partial charge in [0.05, 0.1) is 6.20 Å². The molecule has 0 atom stereocenters. The Kier molecular flexibility index (Phi) is 0.999. The fourth-order valence-corrected chi connectivity index (χ4v) is 1.41. The summed E-state index contributed by atoms with van der Waals surface area (Å²) in [6, 6.07) is 0. The maximum Gasteiger partial charge on any atom is 0.353 e. The Morgan fingerprint density at radius 3 is 3.23 bits per heavy atom. The number of imidazole rings is 1. The molecular weight excluding hydrogens is 170 g/mol. The van der Waals surface area contributed by atoms with E-state index in [1.54, 1.807) is 24.9 Å². The van der Waals surface area contributed by atoms with Crippen LogP contribution in [0.1, 0.15) is 0 Å². The summed E-state index contributed by atoms with van der Waals surface area (Å²) in [6.45, 7) is 0. The first-order chi connectivity index (χ1) is 6.36. The molecule has 0 aromatic carbocycles. The van der Waals surface area contributed by atoms with E-state index >= 15 is 0 Å². The first-order valence-corrected chi connectivity index (χ1v) is 3.78. The van der Waals surface area contributed by atoms with E-state index in [2.05, 4.69) is 4.98 Å². The normalized spacial score (nSPS) is 13.2. The summed E-state index contributed by atoms with van der Waals surface area (Å²) in [5, 5.41) is 0. The van der Waals surface area contributed by atoms with Gasteiger partial charge >= 0.3 is 5.69 Å². The van der Waals surface area contributed by atoms with Crippen LogP contribution in [0.15, 0.2) is 29.6 Å². The summed E-state index contributed by atoms with van der Waals surface area (Å²) in [5.41, 5.74) is 0.416. The second-order valence-electron chi connectivity index (χ2n) is 2.71. The summed E-state index contributed by atoms with van der Waals surface area (Å²) >= 11 is 0. The van der Waals surface area contributed by atoms with Gasteiger partial charge in [0, 0.05) is 18.6 Å². The molecule has 2 aromatic rings. The smallest absolute Gasteiger partial charge is 0.353 e. The Balaban J connectivity index is 2.63. The van der Waals surface area contributed by atoms with Gasteiger partial charge in [-0.2, -0.15) is 4.98 Å². The minimum Gasteiger partial charge on any atom is -0.458 e. The van der Waals surface area contributed by atoms with Crippen LogP contribution in [0, 0.1) is 0 Å². The van der Waals surface area contributed by atoms with Gasteiger partial charge in [-0.3, -0.25) is 0 Å². The Hall–Kier alpha value is -2.04. The van der Waals surface area contributed by atoms with Crippen LogP contribution < -0.4 is 10.4 Å². The van der Waals surface area contributed by atoms with Crippen molar-refractivity contribution in [3.8, 4) is 5.75 Å². The number of nitrogens with zero attached hydrogens (tertiary/aromatic N) is 3. The molecule has 3 heterocycles. The molecule has 0 radical (unpaired) electrons. The van der Waals surface area contributed by atoms with Crippen LogP contribution in [0.5, 0.6) is 5.75 Å². The van der Waals surface area contributed by atoms with E-state index in [9.17, 15) is 4.79 Å². The lowest BCUT2D eigenvalue weighted by Crippen LogP contribution is -2.16. The zero-order valence-electron chi connectivity index (χ0n) is 6.54. The topological polar surface area (TPSA) is 48.5 Å². The zero-order valence-corrected chi connectivity index (χ0v) is 6.54. The first-order valence-electron chi connectivity index (χ1n) is 3.78. The van der Waals surface area contributed by atoms with Gasteiger partial charge < -0.3 is 9.30 Å². The first kappa shape index (κ1) is 6.47. The van der Waals surface area contributed by atoms with Crippen LogP contribution in [0.25, 0.3) is 11.8 Å². The molecule has 1 aliphatic heterocycles. The largest absolute Gasteiger partial charge is 0.458 e. The molecule has 0 amide bonds. The Labute approximate surface area is 72.5 Å². The van der Waals surface area contributed by atoms with Crippen LogP contribution in [0.2, 0.25) is 0 Å². The van der Waals surface area contributed by atoms with Crippen LogP contribution in [0.3, 0.4) is 0 Å². The molecule has 0 unspecified atom stereocenters. The predicted octanol–water partition coefficient (Wildman–Crippen LogP) is 0.317. The van der Waals surface area contributed by atoms with Gasteiger partial charge in [0.2, 0.25) is 0 Å². The van der Waals surface area contributed by atoms with E-state index in [-0.39, 0.29) is 5.69 Å². The molecular formula is C8H5N3O2. The highest BCUT2D eigenvalue weighted by Crippen LogP contribution is 2.21. The maximum atomic E-state index is 11.2. The number of hydrogen-bond donors (Lipinski definition) is 0. The van der Waals surface area contributed by atoms with E-state index in [0.29, 0.717) is 11.4 Å². The molecule has 0 saturated carbocycles. The van der Waals surface area contributed by atoms with Crippen molar-refractivity contribution in [2.45, 2.75) is 0 Å². The van der Waals surface area contributed by atoms with Gasteiger partial charge in [-0.25, -0.2) is 9.20 Å². The molecule has 5 heteroatoms. The van der Waals surface area contributed by atoms with Gasteiger partial charge in [-0.15, -0.1) is 0 Å². The molecule has 2 aromatic heterocycles. The molecule has 64 valence electrons. The summed E-state index contributed by atoms with van der Waals surface area (Å²) < 4.78 is 8.44. The van der Waals surface area contributed by atoms with Crippen molar-refractivity contribution >= 4 is 11.8 Å². The summed E-state index contributed by atoms with van der Waals surface area (Å²) in [7, 11) is 0. The minimum absolute atomic E-state index is 0.295. The molecule has 0 bridgehead atoms. The average Bonchev–Trinajstić information content (AvgIpc) is 2.57. The third-order valence-electron chi connectivity index (χ3n) is 1.98. The van der Waals surface area contributed by atoms with Crippen LogP contribution in [0.4, 0.5) is 0 Å².